The van der Waals surface area contributed by atoms with Crippen LogP contribution in [-0.4, -0.2) is 0 Å². The van der Waals surface area contributed by atoms with Gasteiger partial charge in [0.1, 0.15) is 0 Å². The van der Waals surface area contributed by atoms with Gasteiger partial charge < -0.3 is 0 Å². The van der Waals surface area contributed by atoms with Crippen LogP contribution >= 0.6 is 27.3 Å². The molecule has 0 spiro atoms. The summed E-state index contributed by atoms with van der Waals surface area (Å²) in [6.07, 6.45) is 6.87. The minimum absolute atomic E-state index is 0.0940. The second-order valence-electron chi connectivity index (χ2n) is 5.17. The molecule has 2 rings (SSSR count). The molecule has 0 aromatic carbocycles. The van der Waals surface area contributed by atoms with E-state index in [0.717, 1.165) is 29.7 Å². The SMILES string of the molecule is CCC1CCCC(C#N)(Cc2cc(Br)cs2)C1. The minimum atomic E-state index is -0.0940. The zero-order valence-electron chi connectivity index (χ0n) is 10.2. The van der Waals surface area contributed by atoms with Gasteiger partial charge in [-0.2, -0.15) is 5.26 Å². The summed E-state index contributed by atoms with van der Waals surface area (Å²) in [5.41, 5.74) is -0.0940. The second kappa shape index (κ2) is 5.54. The minimum Gasteiger partial charge on any atom is -0.198 e. The van der Waals surface area contributed by atoms with E-state index in [1.165, 1.54) is 24.1 Å². The standard InChI is InChI=1S/C14H18BrNS/c1-2-11-4-3-5-14(7-11,10-16)8-13-6-12(15)9-17-13/h6,9,11H,2-5,7-8H2,1H3. The summed E-state index contributed by atoms with van der Waals surface area (Å²) < 4.78 is 1.15. The van der Waals surface area contributed by atoms with Crippen LogP contribution in [0.5, 0.6) is 0 Å². The fourth-order valence-corrected chi connectivity index (χ4v) is 4.51. The summed E-state index contributed by atoms with van der Waals surface area (Å²) in [6.45, 7) is 2.25. The van der Waals surface area contributed by atoms with Crippen molar-refractivity contribution in [2.45, 2.75) is 45.4 Å². The van der Waals surface area contributed by atoms with Crippen molar-refractivity contribution >= 4 is 27.3 Å². The summed E-state index contributed by atoms with van der Waals surface area (Å²) in [7, 11) is 0. The van der Waals surface area contributed by atoms with Crippen LogP contribution < -0.4 is 0 Å². The molecule has 0 amide bonds. The van der Waals surface area contributed by atoms with Crippen LogP contribution in [0.4, 0.5) is 0 Å². The molecule has 1 fully saturated rings. The molecule has 92 valence electrons. The molecule has 3 heteroatoms. The third-order valence-corrected chi connectivity index (χ3v) is 5.59. The number of hydrogen-bond donors (Lipinski definition) is 0. The van der Waals surface area contributed by atoms with Gasteiger partial charge in [-0.15, -0.1) is 11.3 Å². The Kier molecular flexibility index (Phi) is 4.27. The average Bonchev–Trinajstić information content (AvgIpc) is 2.75. The van der Waals surface area contributed by atoms with Crippen molar-refractivity contribution in [2.75, 3.05) is 0 Å². The third kappa shape index (κ3) is 3.11. The Bertz CT molecular complexity index is 420. The molecule has 1 aliphatic carbocycles. The van der Waals surface area contributed by atoms with E-state index in [2.05, 4.69) is 40.4 Å². The Labute approximate surface area is 116 Å². The van der Waals surface area contributed by atoms with Crippen molar-refractivity contribution in [3.8, 4) is 6.07 Å². The topological polar surface area (TPSA) is 23.8 Å². The maximum Gasteiger partial charge on any atom is 0.0693 e. The quantitative estimate of drug-likeness (QED) is 0.756. The summed E-state index contributed by atoms with van der Waals surface area (Å²) in [5.74, 6) is 0.756. The molecular formula is C14H18BrNS. The van der Waals surface area contributed by atoms with E-state index < -0.39 is 0 Å². The Morgan fingerprint density at radius 3 is 3.06 bits per heavy atom. The van der Waals surface area contributed by atoms with Gasteiger partial charge in [-0.3, -0.25) is 0 Å². The molecule has 17 heavy (non-hydrogen) atoms. The van der Waals surface area contributed by atoms with E-state index in [1.54, 1.807) is 11.3 Å². The molecule has 2 unspecified atom stereocenters. The van der Waals surface area contributed by atoms with E-state index in [4.69, 9.17) is 0 Å². The molecule has 1 heterocycles. The summed E-state index contributed by atoms with van der Waals surface area (Å²) in [5, 5.41) is 11.7. The van der Waals surface area contributed by atoms with Crippen molar-refractivity contribution in [2.24, 2.45) is 11.3 Å². The van der Waals surface area contributed by atoms with E-state index in [-0.39, 0.29) is 5.41 Å². The normalized spacial score (nSPS) is 28.9. The first-order chi connectivity index (χ1) is 8.17. The Hall–Kier alpha value is -0.330. The first-order valence-corrected chi connectivity index (χ1v) is 7.99. The van der Waals surface area contributed by atoms with Crippen molar-refractivity contribution in [3.05, 3.63) is 20.8 Å². The summed E-state index contributed by atoms with van der Waals surface area (Å²) >= 11 is 5.26. The van der Waals surface area contributed by atoms with Gasteiger partial charge in [-0.1, -0.05) is 26.2 Å². The predicted octanol–water partition coefficient (Wildman–Crippen LogP) is 5.16. The van der Waals surface area contributed by atoms with Gasteiger partial charge in [-0.25, -0.2) is 0 Å². The number of thiophene rings is 1. The lowest BCUT2D eigenvalue weighted by Gasteiger charge is -2.35. The van der Waals surface area contributed by atoms with Crippen LogP contribution in [-0.2, 0) is 6.42 Å². The number of hydrogen-bond acceptors (Lipinski definition) is 2. The number of nitriles is 1. The second-order valence-corrected chi connectivity index (χ2v) is 7.08. The van der Waals surface area contributed by atoms with Crippen LogP contribution in [0.15, 0.2) is 15.9 Å². The Balaban J connectivity index is 2.12. The maximum absolute atomic E-state index is 9.57. The van der Waals surface area contributed by atoms with E-state index in [1.807, 2.05) is 0 Å². The molecule has 1 aromatic heterocycles. The lowest BCUT2D eigenvalue weighted by molar-refractivity contribution is 0.195. The highest BCUT2D eigenvalue weighted by Gasteiger charge is 2.36. The summed E-state index contributed by atoms with van der Waals surface area (Å²) in [4.78, 5) is 1.34. The molecule has 0 radical (unpaired) electrons. The number of nitrogens with zero attached hydrogens (tertiary/aromatic N) is 1. The zero-order valence-corrected chi connectivity index (χ0v) is 12.6. The Morgan fingerprint density at radius 2 is 2.47 bits per heavy atom. The molecule has 1 aliphatic rings. The molecule has 0 bridgehead atoms. The van der Waals surface area contributed by atoms with Crippen molar-refractivity contribution in [1.29, 1.82) is 5.26 Å². The largest absolute Gasteiger partial charge is 0.198 e. The van der Waals surface area contributed by atoms with Gasteiger partial charge in [0.2, 0.25) is 0 Å². The maximum atomic E-state index is 9.57. The van der Waals surface area contributed by atoms with E-state index in [9.17, 15) is 5.26 Å². The van der Waals surface area contributed by atoms with Crippen molar-refractivity contribution < 1.29 is 0 Å². The van der Waals surface area contributed by atoms with Gasteiger partial charge in [0, 0.05) is 21.2 Å². The van der Waals surface area contributed by atoms with Crippen LogP contribution in [0.25, 0.3) is 0 Å². The highest BCUT2D eigenvalue weighted by atomic mass is 79.9. The number of rotatable bonds is 3. The molecule has 0 N–H and O–H groups in total. The molecule has 0 aliphatic heterocycles. The third-order valence-electron chi connectivity index (χ3n) is 3.90. The first-order valence-electron chi connectivity index (χ1n) is 6.31. The smallest absolute Gasteiger partial charge is 0.0693 e. The lowest BCUT2D eigenvalue weighted by Crippen LogP contribution is -2.29. The van der Waals surface area contributed by atoms with Gasteiger partial charge in [0.05, 0.1) is 11.5 Å². The first kappa shape index (κ1) is 13.1. The predicted molar refractivity (Wildman–Crippen MR) is 76.0 cm³/mol. The van der Waals surface area contributed by atoms with Gasteiger partial charge in [-0.05, 0) is 40.8 Å². The molecule has 0 saturated heterocycles. The van der Waals surface area contributed by atoms with Gasteiger partial charge in [0.15, 0.2) is 0 Å². The van der Waals surface area contributed by atoms with Crippen LogP contribution in [0, 0.1) is 22.7 Å². The molecule has 1 saturated carbocycles. The molecule has 1 aromatic rings. The van der Waals surface area contributed by atoms with Crippen LogP contribution in [0.1, 0.15) is 43.9 Å². The molecule has 2 atom stereocenters. The van der Waals surface area contributed by atoms with E-state index in [0.29, 0.717) is 0 Å². The zero-order chi connectivity index (χ0) is 12.3. The monoisotopic (exact) mass is 311 g/mol. The van der Waals surface area contributed by atoms with Gasteiger partial charge >= 0.3 is 0 Å². The fraction of sp³-hybridized carbons (Fsp3) is 0.643. The Morgan fingerprint density at radius 1 is 1.65 bits per heavy atom. The fourth-order valence-electron chi connectivity index (χ4n) is 2.92. The summed E-state index contributed by atoms with van der Waals surface area (Å²) in [6, 6.07) is 4.80. The van der Waals surface area contributed by atoms with E-state index >= 15 is 0 Å². The average molecular weight is 312 g/mol. The van der Waals surface area contributed by atoms with Crippen LogP contribution in [0.2, 0.25) is 0 Å². The molecular weight excluding hydrogens is 294 g/mol. The highest BCUT2D eigenvalue weighted by Crippen LogP contribution is 2.43. The van der Waals surface area contributed by atoms with Crippen LogP contribution in [0.3, 0.4) is 0 Å². The lowest BCUT2D eigenvalue weighted by atomic mass is 9.68. The van der Waals surface area contributed by atoms with Crippen molar-refractivity contribution in [1.82, 2.24) is 0 Å². The number of halogens is 1. The van der Waals surface area contributed by atoms with Gasteiger partial charge in [0.25, 0.3) is 0 Å². The van der Waals surface area contributed by atoms with Crippen molar-refractivity contribution in [3.63, 3.8) is 0 Å². The molecule has 1 nitrogen and oxygen atoms in total. The highest BCUT2D eigenvalue weighted by molar-refractivity contribution is 9.10.